The molecule has 7 unspecified atom stereocenters. The van der Waals surface area contributed by atoms with E-state index in [-0.39, 0.29) is 47.8 Å². The lowest BCUT2D eigenvalue weighted by Crippen LogP contribution is -2.47. The minimum absolute atomic E-state index is 0.0490. The minimum atomic E-state index is -0.534. The highest BCUT2D eigenvalue weighted by molar-refractivity contribution is 14.1. The number of carbonyl (C=O) groups is 2. The smallest absolute Gasteiger partial charge is 0.322 e. The van der Waals surface area contributed by atoms with Gasteiger partial charge in [-0.05, 0) is 25.7 Å². The Morgan fingerprint density at radius 3 is 2.71 bits per heavy atom. The van der Waals surface area contributed by atoms with Gasteiger partial charge in [0.05, 0.1) is 18.6 Å². The second kappa shape index (κ2) is 5.37. The van der Waals surface area contributed by atoms with E-state index < -0.39 is 3.42 Å². The number of ether oxygens (including phenoxy) is 3. The third-order valence-corrected chi connectivity index (χ3v) is 6.68. The van der Waals surface area contributed by atoms with E-state index in [4.69, 9.17) is 14.2 Å². The Hall–Kier alpha value is -0.370. The number of alkyl halides is 1. The number of cyclic esters (lactones) is 1. The average molecular weight is 408 g/mol. The molecule has 3 aliphatic rings. The van der Waals surface area contributed by atoms with Gasteiger partial charge in [-0.25, -0.2) is 0 Å². The van der Waals surface area contributed by atoms with Crippen LogP contribution in [-0.4, -0.2) is 41.3 Å². The van der Waals surface area contributed by atoms with Crippen LogP contribution in [0.15, 0.2) is 0 Å². The molecule has 6 heteroatoms. The van der Waals surface area contributed by atoms with Crippen molar-refractivity contribution in [2.75, 3.05) is 13.7 Å². The summed E-state index contributed by atoms with van der Waals surface area (Å²) in [6.07, 6.45) is 1.17. The maximum Gasteiger partial charge on any atom is 0.322 e. The van der Waals surface area contributed by atoms with Crippen LogP contribution in [0.4, 0.5) is 0 Å². The number of hydrogen-bond donors (Lipinski definition) is 0. The number of hydrogen-bond acceptors (Lipinski definition) is 5. The normalized spacial score (nSPS) is 43.3. The zero-order valence-electron chi connectivity index (χ0n) is 12.5. The topological polar surface area (TPSA) is 61.8 Å². The lowest BCUT2D eigenvalue weighted by atomic mass is 9.78. The predicted molar refractivity (Wildman–Crippen MR) is 82.9 cm³/mol. The number of carbonyl (C=O) groups excluding carboxylic acids is 2. The van der Waals surface area contributed by atoms with Crippen LogP contribution in [0.1, 0.15) is 26.7 Å². The summed E-state index contributed by atoms with van der Waals surface area (Å²) in [5.74, 6) is 0.0918. The molecule has 1 heterocycles. The van der Waals surface area contributed by atoms with E-state index in [0.717, 1.165) is 6.42 Å². The van der Waals surface area contributed by atoms with Crippen molar-refractivity contribution in [2.24, 2.45) is 23.7 Å². The van der Waals surface area contributed by atoms with Crippen molar-refractivity contribution in [3.05, 3.63) is 0 Å². The highest BCUT2D eigenvalue weighted by Gasteiger charge is 2.65. The maximum absolute atomic E-state index is 12.4. The first-order valence-corrected chi connectivity index (χ1v) is 8.58. The molecule has 2 bridgehead atoms. The first-order chi connectivity index (χ1) is 9.90. The Morgan fingerprint density at radius 1 is 1.38 bits per heavy atom. The summed E-state index contributed by atoms with van der Waals surface area (Å²) in [7, 11) is 1.65. The number of esters is 2. The second-order valence-electron chi connectivity index (χ2n) is 6.50. The van der Waals surface area contributed by atoms with Crippen LogP contribution in [-0.2, 0) is 23.8 Å². The molecule has 0 aromatic heterocycles. The largest absolute Gasteiger partial charge is 0.465 e. The van der Waals surface area contributed by atoms with Gasteiger partial charge in [0.15, 0.2) is 0 Å². The highest BCUT2D eigenvalue weighted by Crippen LogP contribution is 2.57. The van der Waals surface area contributed by atoms with Crippen LogP contribution in [0, 0.1) is 23.7 Å². The Bertz CT molecular complexity index is 463. The molecule has 1 saturated heterocycles. The van der Waals surface area contributed by atoms with E-state index in [1.54, 1.807) is 7.11 Å². The minimum Gasteiger partial charge on any atom is -0.465 e. The third-order valence-electron chi connectivity index (χ3n) is 5.48. The standard InChI is InChI=1S/C15H21IO5/c1-4-15(2,16)14(18)21-12-8-5-7(11(12)19-3)9-6-20-13(17)10(8)9/h7-12H,4-6H2,1-3H3. The van der Waals surface area contributed by atoms with E-state index in [1.165, 1.54) is 0 Å². The molecule has 2 aliphatic carbocycles. The van der Waals surface area contributed by atoms with Gasteiger partial charge in [0.1, 0.15) is 9.53 Å². The highest BCUT2D eigenvalue weighted by atomic mass is 127. The van der Waals surface area contributed by atoms with Crippen LogP contribution in [0.25, 0.3) is 0 Å². The molecule has 3 fully saturated rings. The number of fused-ring (bicyclic) bond motifs is 5. The van der Waals surface area contributed by atoms with Crippen LogP contribution < -0.4 is 0 Å². The first kappa shape index (κ1) is 15.5. The molecule has 0 aromatic rings. The van der Waals surface area contributed by atoms with Crippen molar-refractivity contribution in [2.45, 2.75) is 42.3 Å². The fourth-order valence-electron chi connectivity index (χ4n) is 4.13. The second-order valence-corrected chi connectivity index (χ2v) is 8.89. The van der Waals surface area contributed by atoms with Gasteiger partial charge in [-0.3, -0.25) is 9.59 Å². The summed E-state index contributed by atoms with van der Waals surface area (Å²) in [6.45, 7) is 4.33. The molecule has 5 nitrogen and oxygen atoms in total. The summed E-state index contributed by atoms with van der Waals surface area (Å²) in [6, 6.07) is 0. The maximum atomic E-state index is 12.4. The number of methoxy groups -OCH3 is 1. The fraction of sp³-hybridized carbons (Fsp3) is 0.867. The van der Waals surface area contributed by atoms with Gasteiger partial charge in [-0.2, -0.15) is 0 Å². The quantitative estimate of drug-likeness (QED) is 0.405. The zero-order valence-corrected chi connectivity index (χ0v) is 14.7. The lowest BCUT2D eigenvalue weighted by molar-refractivity contribution is -0.168. The van der Waals surface area contributed by atoms with Crippen LogP contribution in [0.3, 0.4) is 0 Å². The lowest BCUT2D eigenvalue weighted by Gasteiger charge is -2.35. The Labute approximate surface area is 138 Å². The summed E-state index contributed by atoms with van der Waals surface area (Å²) < 4.78 is 16.0. The molecule has 7 atom stereocenters. The van der Waals surface area contributed by atoms with Gasteiger partial charge in [-0.1, -0.05) is 29.5 Å². The Kier molecular flexibility index (Phi) is 3.97. The summed E-state index contributed by atoms with van der Waals surface area (Å²) >= 11 is 2.13. The number of rotatable bonds is 4. The van der Waals surface area contributed by atoms with Crippen molar-refractivity contribution >= 4 is 34.5 Å². The van der Waals surface area contributed by atoms with E-state index in [1.807, 2.05) is 13.8 Å². The van der Waals surface area contributed by atoms with Gasteiger partial charge < -0.3 is 14.2 Å². The van der Waals surface area contributed by atoms with Gasteiger partial charge in [0.25, 0.3) is 0 Å². The van der Waals surface area contributed by atoms with E-state index in [0.29, 0.717) is 13.0 Å². The molecule has 3 rings (SSSR count). The van der Waals surface area contributed by atoms with Gasteiger partial charge in [0.2, 0.25) is 0 Å². The predicted octanol–water partition coefficient (Wildman–Crippen LogP) is 1.96. The molecule has 0 aromatic carbocycles. The van der Waals surface area contributed by atoms with Crippen molar-refractivity contribution in [1.29, 1.82) is 0 Å². The van der Waals surface area contributed by atoms with E-state index in [9.17, 15) is 9.59 Å². The molecular weight excluding hydrogens is 387 g/mol. The third kappa shape index (κ3) is 2.29. The van der Waals surface area contributed by atoms with E-state index in [2.05, 4.69) is 22.6 Å². The molecule has 0 radical (unpaired) electrons. The van der Waals surface area contributed by atoms with Gasteiger partial charge in [-0.15, -0.1) is 0 Å². The summed E-state index contributed by atoms with van der Waals surface area (Å²) in [4.78, 5) is 24.3. The molecule has 0 amide bonds. The summed E-state index contributed by atoms with van der Waals surface area (Å²) in [5.41, 5.74) is 0. The molecule has 1 aliphatic heterocycles. The van der Waals surface area contributed by atoms with Crippen LogP contribution in [0.5, 0.6) is 0 Å². The van der Waals surface area contributed by atoms with Crippen molar-refractivity contribution in [3.8, 4) is 0 Å². The zero-order chi connectivity index (χ0) is 15.4. The molecule has 21 heavy (non-hydrogen) atoms. The molecule has 0 spiro atoms. The Balaban J connectivity index is 1.79. The molecule has 2 saturated carbocycles. The van der Waals surface area contributed by atoms with Gasteiger partial charge in [0, 0.05) is 18.9 Å². The van der Waals surface area contributed by atoms with Crippen molar-refractivity contribution in [1.82, 2.24) is 0 Å². The summed E-state index contributed by atoms with van der Waals surface area (Å²) in [5, 5.41) is 0. The molecular formula is C15H21IO5. The van der Waals surface area contributed by atoms with E-state index >= 15 is 0 Å². The van der Waals surface area contributed by atoms with Crippen molar-refractivity contribution in [3.63, 3.8) is 0 Å². The van der Waals surface area contributed by atoms with Crippen LogP contribution >= 0.6 is 22.6 Å². The molecule has 118 valence electrons. The monoisotopic (exact) mass is 408 g/mol. The SMILES string of the molecule is CCC(C)(I)C(=O)OC1C2CC(C3COC(=O)C32)C1OC. The average Bonchev–Trinajstić information content (AvgIpc) is 3.10. The van der Waals surface area contributed by atoms with Gasteiger partial charge >= 0.3 is 11.9 Å². The van der Waals surface area contributed by atoms with Crippen molar-refractivity contribution < 1.29 is 23.8 Å². The fourth-order valence-corrected chi connectivity index (χ4v) is 4.26. The molecule has 0 N–H and O–H groups in total. The first-order valence-electron chi connectivity index (χ1n) is 7.50. The number of halogens is 1. The van der Waals surface area contributed by atoms with Crippen LogP contribution in [0.2, 0.25) is 0 Å². The Morgan fingerprint density at radius 2 is 2.10 bits per heavy atom.